The van der Waals surface area contributed by atoms with Crippen molar-refractivity contribution in [2.45, 2.75) is 19.4 Å². The van der Waals surface area contributed by atoms with E-state index in [1.807, 2.05) is 0 Å². The normalized spacial score (nSPS) is 21.7. The highest BCUT2D eigenvalue weighted by atomic mass is 19.1. The molecule has 94 valence electrons. The van der Waals surface area contributed by atoms with Crippen molar-refractivity contribution < 1.29 is 8.78 Å². The lowest BCUT2D eigenvalue weighted by molar-refractivity contribution is 0.169. The first kappa shape index (κ1) is 12.5. The SMILES string of the molecule is NC[C@@H]1CCCN(Cc2cc(F)ccc2F)C1. The minimum atomic E-state index is -0.381. The predicted molar refractivity (Wildman–Crippen MR) is 63.4 cm³/mol. The number of benzene rings is 1. The van der Waals surface area contributed by atoms with E-state index in [1.54, 1.807) is 0 Å². The molecule has 0 aliphatic carbocycles. The number of hydrogen-bond acceptors (Lipinski definition) is 2. The van der Waals surface area contributed by atoms with Gasteiger partial charge >= 0.3 is 0 Å². The molecule has 1 aromatic rings. The molecule has 1 fully saturated rings. The van der Waals surface area contributed by atoms with E-state index in [2.05, 4.69) is 4.90 Å². The van der Waals surface area contributed by atoms with E-state index in [9.17, 15) is 8.78 Å². The van der Waals surface area contributed by atoms with Gasteiger partial charge in [0.1, 0.15) is 11.6 Å². The summed E-state index contributed by atoms with van der Waals surface area (Å²) in [5.41, 5.74) is 6.09. The molecule has 0 amide bonds. The van der Waals surface area contributed by atoms with Crippen LogP contribution in [0.5, 0.6) is 0 Å². The van der Waals surface area contributed by atoms with Crippen molar-refractivity contribution >= 4 is 0 Å². The summed E-state index contributed by atoms with van der Waals surface area (Å²) in [5.74, 6) is -0.226. The largest absolute Gasteiger partial charge is 0.330 e. The van der Waals surface area contributed by atoms with Gasteiger partial charge in [0, 0.05) is 18.7 Å². The van der Waals surface area contributed by atoms with E-state index in [4.69, 9.17) is 5.73 Å². The topological polar surface area (TPSA) is 29.3 Å². The van der Waals surface area contributed by atoms with Crippen molar-refractivity contribution in [1.82, 2.24) is 4.90 Å². The fourth-order valence-corrected chi connectivity index (χ4v) is 2.39. The fraction of sp³-hybridized carbons (Fsp3) is 0.538. The lowest BCUT2D eigenvalue weighted by Gasteiger charge is -2.32. The predicted octanol–water partition coefficient (Wildman–Crippen LogP) is 2.14. The summed E-state index contributed by atoms with van der Waals surface area (Å²) >= 11 is 0. The van der Waals surface area contributed by atoms with Gasteiger partial charge < -0.3 is 5.73 Å². The van der Waals surface area contributed by atoms with E-state index in [0.717, 1.165) is 32.0 Å². The van der Waals surface area contributed by atoms with Crippen LogP contribution < -0.4 is 5.73 Å². The van der Waals surface area contributed by atoms with Crippen molar-refractivity contribution in [3.05, 3.63) is 35.4 Å². The first-order chi connectivity index (χ1) is 8.19. The minimum Gasteiger partial charge on any atom is -0.330 e. The summed E-state index contributed by atoms with van der Waals surface area (Å²) in [4.78, 5) is 2.15. The molecule has 1 aliphatic rings. The van der Waals surface area contributed by atoms with Gasteiger partial charge in [-0.15, -0.1) is 0 Å². The summed E-state index contributed by atoms with van der Waals surface area (Å²) < 4.78 is 26.5. The third-order valence-electron chi connectivity index (χ3n) is 3.34. The van der Waals surface area contributed by atoms with Gasteiger partial charge in [-0.05, 0) is 50.0 Å². The maximum absolute atomic E-state index is 13.5. The van der Waals surface area contributed by atoms with Crippen LogP contribution >= 0.6 is 0 Å². The molecule has 1 heterocycles. The Morgan fingerprint density at radius 3 is 2.94 bits per heavy atom. The Bertz CT molecular complexity index is 382. The van der Waals surface area contributed by atoms with Gasteiger partial charge in [-0.2, -0.15) is 0 Å². The average Bonchev–Trinajstić information content (AvgIpc) is 2.34. The Morgan fingerprint density at radius 2 is 2.18 bits per heavy atom. The lowest BCUT2D eigenvalue weighted by atomic mass is 9.98. The Labute approximate surface area is 100 Å². The van der Waals surface area contributed by atoms with Gasteiger partial charge in [0.05, 0.1) is 0 Å². The zero-order valence-electron chi connectivity index (χ0n) is 9.83. The molecule has 0 bridgehead atoms. The van der Waals surface area contributed by atoms with Crippen molar-refractivity contribution in [2.75, 3.05) is 19.6 Å². The summed E-state index contributed by atoms with van der Waals surface area (Å²) in [5, 5.41) is 0. The first-order valence-corrected chi connectivity index (χ1v) is 6.05. The molecule has 0 spiro atoms. The molecule has 17 heavy (non-hydrogen) atoms. The Hall–Kier alpha value is -1.00. The molecular weight excluding hydrogens is 222 g/mol. The van der Waals surface area contributed by atoms with Gasteiger partial charge in [0.15, 0.2) is 0 Å². The van der Waals surface area contributed by atoms with E-state index in [-0.39, 0.29) is 11.6 Å². The van der Waals surface area contributed by atoms with E-state index in [1.165, 1.54) is 12.1 Å². The van der Waals surface area contributed by atoms with E-state index < -0.39 is 0 Å². The number of rotatable bonds is 3. The second kappa shape index (κ2) is 5.56. The molecule has 1 saturated heterocycles. The van der Waals surface area contributed by atoms with Crippen LogP contribution in [0.2, 0.25) is 0 Å². The van der Waals surface area contributed by atoms with Crippen molar-refractivity contribution in [2.24, 2.45) is 11.7 Å². The standard InChI is InChI=1S/C13H18F2N2/c14-12-3-4-13(15)11(6-12)9-17-5-1-2-10(7-16)8-17/h3-4,6,10H,1-2,5,7-9,16H2/t10-/m0/s1. The second-order valence-corrected chi connectivity index (χ2v) is 4.71. The van der Waals surface area contributed by atoms with Crippen LogP contribution in [0.25, 0.3) is 0 Å². The third-order valence-corrected chi connectivity index (χ3v) is 3.34. The van der Waals surface area contributed by atoms with Gasteiger partial charge in [-0.1, -0.05) is 0 Å². The second-order valence-electron chi connectivity index (χ2n) is 4.71. The Kier molecular flexibility index (Phi) is 4.07. The minimum absolute atomic E-state index is 0.332. The zero-order valence-corrected chi connectivity index (χ0v) is 9.83. The molecule has 2 nitrogen and oxygen atoms in total. The summed E-state index contributed by atoms with van der Waals surface area (Å²) in [6.45, 7) is 2.96. The average molecular weight is 240 g/mol. The third kappa shape index (κ3) is 3.23. The monoisotopic (exact) mass is 240 g/mol. The maximum Gasteiger partial charge on any atom is 0.127 e. The number of nitrogens with two attached hydrogens (primary N) is 1. The lowest BCUT2D eigenvalue weighted by Crippen LogP contribution is -2.38. The number of hydrogen-bond donors (Lipinski definition) is 1. The van der Waals surface area contributed by atoms with Gasteiger partial charge in [-0.3, -0.25) is 4.90 Å². The van der Waals surface area contributed by atoms with Crippen molar-refractivity contribution in [1.29, 1.82) is 0 Å². The highest BCUT2D eigenvalue weighted by Crippen LogP contribution is 2.19. The fourth-order valence-electron chi connectivity index (χ4n) is 2.39. The van der Waals surface area contributed by atoms with Gasteiger partial charge in [0.25, 0.3) is 0 Å². The smallest absolute Gasteiger partial charge is 0.127 e. The first-order valence-electron chi connectivity index (χ1n) is 6.05. The molecule has 1 aromatic carbocycles. The molecule has 0 unspecified atom stereocenters. The van der Waals surface area contributed by atoms with Crippen LogP contribution in [0.4, 0.5) is 8.78 Å². The maximum atomic E-state index is 13.5. The Balaban J connectivity index is 2.02. The number of nitrogens with zero attached hydrogens (tertiary/aromatic N) is 1. The van der Waals surface area contributed by atoms with Crippen LogP contribution in [-0.4, -0.2) is 24.5 Å². The highest BCUT2D eigenvalue weighted by molar-refractivity contribution is 5.18. The van der Waals surface area contributed by atoms with Crippen LogP contribution in [0.15, 0.2) is 18.2 Å². The number of likely N-dealkylation sites (tertiary alicyclic amines) is 1. The quantitative estimate of drug-likeness (QED) is 0.877. The molecule has 0 aromatic heterocycles. The molecule has 1 aliphatic heterocycles. The number of halogens is 2. The van der Waals surface area contributed by atoms with Gasteiger partial charge in [0.2, 0.25) is 0 Å². The van der Waals surface area contributed by atoms with Crippen LogP contribution in [0, 0.1) is 17.6 Å². The van der Waals surface area contributed by atoms with Crippen LogP contribution in [0.3, 0.4) is 0 Å². The summed E-state index contributed by atoms with van der Waals surface area (Å²) in [6.07, 6.45) is 2.22. The van der Waals surface area contributed by atoms with Crippen molar-refractivity contribution in [3.63, 3.8) is 0 Å². The number of piperidine rings is 1. The van der Waals surface area contributed by atoms with Crippen LogP contribution in [-0.2, 0) is 6.54 Å². The molecule has 2 N–H and O–H groups in total. The molecule has 0 saturated carbocycles. The summed E-state index contributed by atoms with van der Waals surface area (Å²) in [7, 11) is 0. The zero-order chi connectivity index (χ0) is 12.3. The summed E-state index contributed by atoms with van der Waals surface area (Å²) in [6, 6.07) is 3.62. The van der Waals surface area contributed by atoms with E-state index >= 15 is 0 Å². The highest BCUT2D eigenvalue weighted by Gasteiger charge is 2.19. The van der Waals surface area contributed by atoms with E-state index in [0.29, 0.717) is 24.6 Å². The molecule has 1 atom stereocenters. The van der Waals surface area contributed by atoms with Crippen LogP contribution in [0.1, 0.15) is 18.4 Å². The van der Waals surface area contributed by atoms with Crippen molar-refractivity contribution in [3.8, 4) is 0 Å². The molecule has 2 rings (SSSR count). The molecule has 4 heteroatoms. The molecular formula is C13H18F2N2. The Morgan fingerprint density at radius 1 is 1.35 bits per heavy atom. The van der Waals surface area contributed by atoms with Gasteiger partial charge in [-0.25, -0.2) is 8.78 Å². The molecule has 0 radical (unpaired) electrons.